The highest BCUT2D eigenvalue weighted by Crippen LogP contribution is 2.44. The number of benzene rings is 8. The average molecular weight is 586 g/mol. The van der Waals surface area contributed by atoms with Crippen LogP contribution in [-0.4, -0.2) is 14.1 Å². The van der Waals surface area contributed by atoms with Crippen LogP contribution >= 0.6 is 0 Å². The van der Waals surface area contributed by atoms with Crippen LogP contribution < -0.4 is 0 Å². The molecule has 0 saturated carbocycles. The minimum absolute atomic E-state index is 0.944. The number of fused-ring (bicyclic) bond motifs is 11. The summed E-state index contributed by atoms with van der Waals surface area (Å²) in [5.74, 6) is 0.944. The van der Waals surface area contributed by atoms with Crippen LogP contribution in [0.2, 0.25) is 0 Å². The van der Waals surface area contributed by atoms with E-state index < -0.39 is 0 Å². The van der Waals surface area contributed by atoms with Gasteiger partial charge in [-0.2, -0.15) is 0 Å². The van der Waals surface area contributed by atoms with Gasteiger partial charge in [0, 0.05) is 33.1 Å². The minimum Gasteiger partial charge on any atom is -0.309 e. The number of rotatable bonds is 3. The van der Waals surface area contributed by atoms with Crippen molar-refractivity contribution in [2.24, 2.45) is 0 Å². The number of nitrogens with zero attached hydrogens (tertiary/aromatic N) is 3. The van der Waals surface area contributed by atoms with Crippen LogP contribution in [0.15, 0.2) is 164 Å². The lowest BCUT2D eigenvalue weighted by Crippen LogP contribution is -1.97. The molecule has 0 aliphatic heterocycles. The molecule has 3 nitrogen and oxygen atoms in total. The first-order valence-electron chi connectivity index (χ1n) is 15.7. The summed E-state index contributed by atoms with van der Waals surface area (Å²) in [7, 11) is 0. The second-order valence-corrected chi connectivity index (χ2v) is 12.0. The number of hydrogen-bond donors (Lipinski definition) is 0. The molecule has 0 spiro atoms. The van der Waals surface area contributed by atoms with Crippen molar-refractivity contribution in [2.45, 2.75) is 0 Å². The Balaban J connectivity index is 1.39. The smallest absolute Gasteiger partial charge is 0.145 e. The number of para-hydroxylation sites is 3. The molecule has 2 heterocycles. The largest absolute Gasteiger partial charge is 0.309 e. The summed E-state index contributed by atoms with van der Waals surface area (Å²) in [6.07, 6.45) is 0. The zero-order valence-electron chi connectivity index (χ0n) is 24.9. The highest BCUT2D eigenvalue weighted by molar-refractivity contribution is 6.36. The highest BCUT2D eigenvalue weighted by atomic mass is 15.1. The third kappa shape index (κ3) is 3.51. The standard InChI is InChI=1S/C43H27N3/c1-4-14-28(15-5-1)43-44-37-26-35-33-24-25-39-42(34-22-12-13-23-38(34)45(39)29-16-6-2-7-17-29)41(33)32-21-11-10-20-31(32)36(35)27-40(37)46(43)30-18-8-3-9-19-30/h1-27H. The van der Waals surface area contributed by atoms with Crippen molar-refractivity contribution in [3.05, 3.63) is 164 Å². The molecule has 0 saturated heterocycles. The van der Waals surface area contributed by atoms with Crippen LogP contribution in [0.1, 0.15) is 0 Å². The van der Waals surface area contributed by atoms with Crippen LogP contribution in [-0.2, 0) is 0 Å². The predicted octanol–water partition coefficient (Wildman–Crippen LogP) is 11.2. The van der Waals surface area contributed by atoms with Crippen molar-refractivity contribution in [1.29, 1.82) is 0 Å². The molecule has 10 aromatic rings. The lowest BCUT2D eigenvalue weighted by molar-refractivity contribution is 1.10. The molecule has 0 amide bonds. The second kappa shape index (κ2) is 9.65. The van der Waals surface area contributed by atoms with Gasteiger partial charge in [0.15, 0.2) is 0 Å². The summed E-state index contributed by atoms with van der Waals surface area (Å²) < 4.78 is 4.71. The minimum atomic E-state index is 0.944. The van der Waals surface area contributed by atoms with Gasteiger partial charge in [-0.3, -0.25) is 4.57 Å². The van der Waals surface area contributed by atoms with Crippen molar-refractivity contribution in [1.82, 2.24) is 14.1 Å². The van der Waals surface area contributed by atoms with E-state index in [-0.39, 0.29) is 0 Å². The van der Waals surface area contributed by atoms with E-state index in [9.17, 15) is 0 Å². The van der Waals surface area contributed by atoms with E-state index >= 15 is 0 Å². The van der Waals surface area contributed by atoms with Crippen LogP contribution in [0.3, 0.4) is 0 Å². The zero-order chi connectivity index (χ0) is 30.2. The Hall–Kier alpha value is -6.19. The van der Waals surface area contributed by atoms with Crippen molar-refractivity contribution < 1.29 is 0 Å². The van der Waals surface area contributed by atoms with E-state index in [1.807, 2.05) is 0 Å². The number of imidazole rings is 1. The van der Waals surface area contributed by atoms with Gasteiger partial charge in [0.1, 0.15) is 5.82 Å². The molecule has 214 valence electrons. The van der Waals surface area contributed by atoms with Crippen LogP contribution in [0.4, 0.5) is 0 Å². The molecule has 0 aliphatic rings. The molecule has 2 aromatic heterocycles. The summed E-state index contributed by atoms with van der Waals surface area (Å²) in [6, 6.07) is 58.8. The molecule has 0 atom stereocenters. The summed E-state index contributed by atoms with van der Waals surface area (Å²) >= 11 is 0. The molecular weight excluding hydrogens is 558 g/mol. The van der Waals surface area contributed by atoms with Gasteiger partial charge >= 0.3 is 0 Å². The third-order valence-corrected chi connectivity index (χ3v) is 9.47. The summed E-state index contributed by atoms with van der Waals surface area (Å²) in [4.78, 5) is 5.31. The first-order valence-corrected chi connectivity index (χ1v) is 15.7. The van der Waals surface area contributed by atoms with E-state index in [4.69, 9.17) is 4.98 Å². The van der Waals surface area contributed by atoms with E-state index in [1.54, 1.807) is 0 Å². The quantitative estimate of drug-likeness (QED) is 0.189. The van der Waals surface area contributed by atoms with Gasteiger partial charge < -0.3 is 4.57 Å². The van der Waals surface area contributed by atoms with Crippen molar-refractivity contribution in [3.8, 4) is 22.8 Å². The lowest BCUT2D eigenvalue weighted by Gasteiger charge is -2.14. The first-order chi connectivity index (χ1) is 22.8. The zero-order valence-corrected chi connectivity index (χ0v) is 24.9. The SMILES string of the molecule is c1ccc(-c2nc3cc4c(cc3n2-c2ccccc2)c2ccccc2c2c4ccc3c2c2ccccc2n3-c2ccccc2)cc1. The third-order valence-electron chi connectivity index (χ3n) is 9.47. The molecule has 46 heavy (non-hydrogen) atoms. The second-order valence-electron chi connectivity index (χ2n) is 12.0. The molecule has 0 unspecified atom stereocenters. The normalized spacial score (nSPS) is 11.9. The Morgan fingerprint density at radius 1 is 0.348 bits per heavy atom. The number of hydrogen-bond acceptors (Lipinski definition) is 1. The summed E-state index contributed by atoms with van der Waals surface area (Å²) in [5.41, 5.74) is 7.87. The first kappa shape index (κ1) is 25.2. The Labute approximate surface area is 265 Å². The lowest BCUT2D eigenvalue weighted by atomic mass is 9.91. The van der Waals surface area contributed by atoms with Crippen LogP contribution in [0.5, 0.6) is 0 Å². The topological polar surface area (TPSA) is 22.8 Å². The van der Waals surface area contributed by atoms with Crippen molar-refractivity contribution in [3.63, 3.8) is 0 Å². The van der Waals surface area contributed by atoms with Gasteiger partial charge in [0.2, 0.25) is 0 Å². The van der Waals surface area contributed by atoms with Gasteiger partial charge in [0.05, 0.1) is 22.1 Å². The molecule has 0 fully saturated rings. The molecular formula is C43H27N3. The summed E-state index contributed by atoms with van der Waals surface area (Å²) in [6.45, 7) is 0. The highest BCUT2D eigenvalue weighted by Gasteiger charge is 2.21. The van der Waals surface area contributed by atoms with Crippen LogP contribution in [0.25, 0.3) is 87.9 Å². The Morgan fingerprint density at radius 3 is 1.65 bits per heavy atom. The van der Waals surface area contributed by atoms with Crippen molar-refractivity contribution in [2.75, 3.05) is 0 Å². The van der Waals surface area contributed by atoms with Gasteiger partial charge in [-0.15, -0.1) is 0 Å². The molecule has 3 heteroatoms. The fraction of sp³-hybridized carbons (Fsp3) is 0. The van der Waals surface area contributed by atoms with Crippen molar-refractivity contribution >= 4 is 65.2 Å². The molecule has 0 aliphatic carbocycles. The molecule has 0 N–H and O–H groups in total. The Morgan fingerprint density at radius 2 is 0.913 bits per heavy atom. The molecule has 0 bridgehead atoms. The van der Waals surface area contributed by atoms with E-state index in [1.165, 1.54) is 59.8 Å². The fourth-order valence-corrected chi connectivity index (χ4v) is 7.54. The van der Waals surface area contributed by atoms with E-state index in [0.717, 1.165) is 28.1 Å². The maximum atomic E-state index is 5.31. The Kier molecular flexibility index (Phi) is 5.28. The summed E-state index contributed by atoms with van der Waals surface area (Å²) in [5, 5.41) is 10.0. The Bertz CT molecular complexity index is 2770. The monoisotopic (exact) mass is 585 g/mol. The maximum absolute atomic E-state index is 5.31. The van der Waals surface area contributed by atoms with Gasteiger partial charge in [-0.05, 0) is 75.5 Å². The molecule has 0 radical (unpaired) electrons. The van der Waals surface area contributed by atoms with Gasteiger partial charge in [-0.1, -0.05) is 115 Å². The van der Waals surface area contributed by atoms with E-state index in [2.05, 4.69) is 173 Å². The average Bonchev–Trinajstić information content (AvgIpc) is 3.68. The predicted molar refractivity (Wildman–Crippen MR) is 193 cm³/mol. The van der Waals surface area contributed by atoms with E-state index in [0.29, 0.717) is 0 Å². The van der Waals surface area contributed by atoms with Gasteiger partial charge in [0.25, 0.3) is 0 Å². The molecule has 8 aromatic carbocycles. The van der Waals surface area contributed by atoms with Crippen LogP contribution in [0, 0.1) is 0 Å². The molecule has 10 rings (SSSR count). The number of aromatic nitrogens is 3. The van der Waals surface area contributed by atoms with Gasteiger partial charge in [-0.25, -0.2) is 4.98 Å². The maximum Gasteiger partial charge on any atom is 0.145 e. The fourth-order valence-electron chi connectivity index (χ4n) is 7.54.